The molecule has 0 bridgehead atoms. The minimum atomic E-state index is -0.511. The molecule has 0 radical (unpaired) electrons. The van der Waals surface area contributed by atoms with Gasteiger partial charge in [-0.3, -0.25) is 4.90 Å². The smallest absolute Gasteiger partial charge is 0.226 e. The molecule has 0 amide bonds. The monoisotopic (exact) mass is 648 g/mol. The van der Waals surface area contributed by atoms with E-state index in [-0.39, 0.29) is 27.6 Å². The minimum Gasteiger partial charge on any atom is -0.389 e. The van der Waals surface area contributed by atoms with Crippen molar-refractivity contribution >= 4 is 44.6 Å². The van der Waals surface area contributed by atoms with Crippen molar-refractivity contribution in [1.82, 2.24) is 14.9 Å². The van der Waals surface area contributed by atoms with Crippen molar-refractivity contribution in [3.8, 4) is 6.07 Å². The van der Waals surface area contributed by atoms with Gasteiger partial charge in [0, 0.05) is 41.8 Å². The molecule has 0 spiro atoms. The Morgan fingerprint density at radius 2 is 2.02 bits per heavy atom. The number of thiophene rings is 1. The summed E-state index contributed by atoms with van der Waals surface area (Å²) in [5.74, 6) is 0.188. The number of halogens is 2. The fourth-order valence-corrected chi connectivity index (χ4v) is 7.71. The number of benzene rings is 1. The van der Waals surface area contributed by atoms with E-state index in [1.165, 1.54) is 18.9 Å². The molecule has 2 N–H and O–H groups in total. The highest BCUT2D eigenvalue weighted by atomic mass is 32.1. The number of ether oxygens (including phenoxy) is 1. The summed E-state index contributed by atoms with van der Waals surface area (Å²) >= 11 is 1.01. The molecule has 46 heavy (non-hydrogen) atoms. The van der Waals surface area contributed by atoms with Crippen LogP contribution in [0.5, 0.6) is 0 Å². The number of hydrogen-bond acceptors (Lipinski definition) is 8. The molecule has 2 aromatic heterocycles. The van der Waals surface area contributed by atoms with E-state index < -0.39 is 11.6 Å². The summed E-state index contributed by atoms with van der Waals surface area (Å²) in [6, 6.07) is 2.57. The van der Waals surface area contributed by atoms with E-state index in [1.807, 2.05) is 13.8 Å². The van der Waals surface area contributed by atoms with Crippen LogP contribution in [0.3, 0.4) is 0 Å². The van der Waals surface area contributed by atoms with Gasteiger partial charge in [0.05, 0.1) is 23.7 Å². The van der Waals surface area contributed by atoms with Gasteiger partial charge in [0.25, 0.3) is 0 Å². The number of allylic oxidation sites excluding steroid dienone is 2. The summed E-state index contributed by atoms with van der Waals surface area (Å²) < 4.78 is 38.4. The van der Waals surface area contributed by atoms with Crippen LogP contribution in [0.2, 0.25) is 0 Å². The van der Waals surface area contributed by atoms with Crippen LogP contribution in [0.1, 0.15) is 106 Å². The number of anilines is 2. The molecular weight excluding hydrogens is 603 g/mol. The number of nitrogens with zero attached hydrogens (tertiary/aromatic N) is 5. The van der Waals surface area contributed by atoms with Gasteiger partial charge in [-0.15, -0.1) is 11.3 Å². The molecule has 0 aliphatic carbocycles. The van der Waals surface area contributed by atoms with Crippen LogP contribution in [-0.2, 0) is 18.0 Å². The number of aromatic nitrogens is 2. The zero-order chi connectivity index (χ0) is 33.1. The number of nitrogen functional groups attached to an aromatic ring is 1. The van der Waals surface area contributed by atoms with Gasteiger partial charge in [0.1, 0.15) is 22.4 Å². The van der Waals surface area contributed by atoms with E-state index in [0.29, 0.717) is 58.6 Å². The van der Waals surface area contributed by atoms with Crippen molar-refractivity contribution in [2.75, 3.05) is 36.8 Å². The van der Waals surface area contributed by atoms with Crippen molar-refractivity contribution in [2.45, 2.75) is 92.9 Å². The quantitative estimate of drug-likeness (QED) is 0.210. The Morgan fingerprint density at radius 1 is 1.26 bits per heavy atom. The number of hydrogen-bond donors (Lipinski definition) is 1. The van der Waals surface area contributed by atoms with Crippen LogP contribution >= 0.6 is 11.3 Å². The Kier molecular flexibility index (Phi) is 10.8. The fourth-order valence-electron chi connectivity index (χ4n) is 6.72. The van der Waals surface area contributed by atoms with Gasteiger partial charge < -0.3 is 15.4 Å². The topological polar surface area (TPSA) is 91.3 Å². The zero-order valence-corrected chi connectivity index (χ0v) is 28.8. The maximum absolute atomic E-state index is 17.2. The third-order valence-corrected chi connectivity index (χ3v) is 10.8. The summed E-state index contributed by atoms with van der Waals surface area (Å²) in [5.41, 5.74) is 10.1. The molecule has 1 unspecified atom stereocenters. The van der Waals surface area contributed by atoms with Crippen LogP contribution in [0, 0.1) is 23.1 Å². The standard InChI is InChI=1S/C36H46F2N6OS/c1-7-13-43(14-11-21(5)8-2)23-12-15-44(18-23)36-41-17-25-26-19-45-20-27(26)30(32(38)33(25)42-36)29(22(6)9-3)31-24(16-39)35(40)46-34(31)28(37)10-4/h10,17,21,23H,7-9,11-15,18-20,40H2,1-6H3/b28-10+,29-22+/t21?,23-/m0/s1. The van der Waals surface area contributed by atoms with Crippen molar-refractivity contribution in [1.29, 1.82) is 5.26 Å². The maximum atomic E-state index is 17.2. The predicted molar refractivity (Wildman–Crippen MR) is 185 cm³/mol. The molecule has 3 aromatic rings. The van der Waals surface area contributed by atoms with E-state index in [9.17, 15) is 5.26 Å². The van der Waals surface area contributed by atoms with Crippen LogP contribution < -0.4 is 10.6 Å². The van der Waals surface area contributed by atoms with Gasteiger partial charge in [-0.25, -0.2) is 18.7 Å². The molecule has 1 fully saturated rings. The second kappa shape index (κ2) is 14.6. The summed E-state index contributed by atoms with van der Waals surface area (Å²) in [6.45, 7) is 16.4. The average molecular weight is 649 g/mol. The zero-order valence-electron chi connectivity index (χ0n) is 28.0. The highest BCUT2D eigenvalue weighted by molar-refractivity contribution is 7.17. The second-order valence-electron chi connectivity index (χ2n) is 12.6. The number of fused-ring (bicyclic) bond motifs is 3. The lowest BCUT2D eigenvalue weighted by atomic mass is 9.85. The lowest BCUT2D eigenvalue weighted by Gasteiger charge is -2.29. The molecule has 5 rings (SSSR count). The van der Waals surface area contributed by atoms with E-state index in [1.54, 1.807) is 13.1 Å². The van der Waals surface area contributed by atoms with Crippen LogP contribution in [0.15, 0.2) is 17.8 Å². The molecule has 0 saturated carbocycles. The summed E-state index contributed by atoms with van der Waals surface area (Å²) in [6.07, 6.45) is 8.09. The highest BCUT2D eigenvalue weighted by Gasteiger charge is 2.34. The van der Waals surface area contributed by atoms with Gasteiger partial charge >= 0.3 is 0 Å². The number of nitrogens with two attached hydrogens (primary N) is 1. The molecule has 2 aliphatic rings. The molecular formula is C36H46F2N6OS. The first kappa shape index (κ1) is 34.0. The molecule has 246 valence electrons. The molecule has 4 heterocycles. The van der Waals surface area contributed by atoms with Gasteiger partial charge in [-0.05, 0) is 75.2 Å². The molecule has 1 saturated heterocycles. The van der Waals surface area contributed by atoms with E-state index >= 15 is 8.78 Å². The minimum absolute atomic E-state index is 0.156. The van der Waals surface area contributed by atoms with Gasteiger partial charge in [-0.2, -0.15) is 5.26 Å². The first-order chi connectivity index (χ1) is 22.2. The second-order valence-corrected chi connectivity index (χ2v) is 13.7. The molecule has 7 nitrogen and oxygen atoms in total. The molecule has 2 atom stereocenters. The predicted octanol–water partition coefficient (Wildman–Crippen LogP) is 8.60. The molecule has 2 aliphatic heterocycles. The van der Waals surface area contributed by atoms with E-state index in [4.69, 9.17) is 20.4 Å². The van der Waals surface area contributed by atoms with Crippen LogP contribution in [0.25, 0.3) is 22.3 Å². The maximum Gasteiger partial charge on any atom is 0.226 e. The third kappa shape index (κ3) is 6.29. The lowest BCUT2D eigenvalue weighted by Crippen LogP contribution is -2.39. The normalized spacial score (nSPS) is 18.0. The summed E-state index contributed by atoms with van der Waals surface area (Å²) in [7, 11) is 0. The largest absolute Gasteiger partial charge is 0.389 e. The summed E-state index contributed by atoms with van der Waals surface area (Å²) in [4.78, 5) is 14.6. The van der Waals surface area contributed by atoms with Crippen molar-refractivity contribution in [2.24, 2.45) is 5.92 Å². The van der Waals surface area contributed by atoms with Crippen molar-refractivity contribution in [3.63, 3.8) is 0 Å². The number of rotatable bonds is 12. The summed E-state index contributed by atoms with van der Waals surface area (Å²) in [5, 5.41) is 11.0. The molecule has 10 heteroatoms. The third-order valence-electron chi connectivity index (χ3n) is 9.74. The average Bonchev–Trinajstić information content (AvgIpc) is 3.83. The highest BCUT2D eigenvalue weighted by Crippen LogP contribution is 2.47. The van der Waals surface area contributed by atoms with E-state index in [2.05, 4.69) is 36.6 Å². The van der Waals surface area contributed by atoms with Crippen LogP contribution in [0.4, 0.5) is 19.7 Å². The Hall–Kier alpha value is -3.39. The van der Waals surface area contributed by atoms with E-state index in [0.717, 1.165) is 61.5 Å². The van der Waals surface area contributed by atoms with Gasteiger partial charge in [-0.1, -0.05) is 45.8 Å². The van der Waals surface area contributed by atoms with Gasteiger partial charge in [0.15, 0.2) is 5.82 Å². The first-order valence-corrected chi connectivity index (χ1v) is 17.4. The van der Waals surface area contributed by atoms with Gasteiger partial charge in [0.2, 0.25) is 5.95 Å². The Balaban J connectivity index is 1.62. The van der Waals surface area contributed by atoms with Crippen LogP contribution in [-0.4, -0.2) is 47.1 Å². The Morgan fingerprint density at radius 3 is 2.70 bits per heavy atom. The Bertz CT molecular complexity index is 1710. The first-order valence-electron chi connectivity index (χ1n) is 16.6. The molecule has 1 aromatic carbocycles. The lowest BCUT2D eigenvalue weighted by molar-refractivity contribution is 0.134. The van der Waals surface area contributed by atoms with Crippen molar-refractivity contribution in [3.05, 3.63) is 56.4 Å². The van der Waals surface area contributed by atoms with Crippen molar-refractivity contribution < 1.29 is 13.5 Å². The fraction of sp³-hybridized carbons (Fsp3) is 0.528. The number of nitriles is 1. The SMILES string of the molecule is C/C=C(/F)c1sc(N)c(C#N)c1/C(=C(\C)CC)c1c2c(c3cnc(N4CC[C@H](N(CCC)CCC(C)CC)C4)nc3c1F)COC2. The Labute approximate surface area is 275 Å².